The first-order valence-electron chi connectivity index (χ1n) is 12.3. The average Bonchev–Trinajstić information content (AvgIpc) is 3.60. The molecule has 0 aliphatic carbocycles. The van der Waals surface area contributed by atoms with Crippen molar-refractivity contribution in [3.05, 3.63) is 60.9 Å². The number of hydrogen-bond acceptors (Lipinski definition) is 9. The van der Waals surface area contributed by atoms with Gasteiger partial charge in [0, 0.05) is 70.5 Å². The van der Waals surface area contributed by atoms with E-state index in [0.29, 0.717) is 12.1 Å². The minimum atomic E-state index is -0.883. The molecule has 0 amide bonds. The Balaban J connectivity index is 1.23. The molecule has 2 aromatic heterocycles. The number of nitrogens with zero attached hydrogens (tertiary/aromatic N) is 2. The number of carbonyl (C=O) groups is 1. The zero-order chi connectivity index (χ0) is 24.3. The number of aromatic nitrogens is 2. The summed E-state index contributed by atoms with van der Waals surface area (Å²) >= 11 is 0. The summed E-state index contributed by atoms with van der Waals surface area (Å²) in [6.45, 7) is 3.84. The highest BCUT2D eigenvalue weighted by Crippen LogP contribution is 2.32. The van der Waals surface area contributed by atoms with Crippen LogP contribution in [0.4, 0.5) is 16.2 Å². The summed E-state index contributed by atoms with van der Waals surface area (Å²) in [6.07, 6.45) is 4.50. The third-order valence-corrected chi connectivity index (χ3v) is 6.74. The van der Waals surface area contributed by atoms with Gasteiger partial charge in [-0.3, -0.25) is 0 Å². The smallest absolute Gasteiger partial charge is 0.380 e. The highest BCUT2D eigenvalue weighted by Gasteiger charge is 2.19. The van der Waals surface area contributed by atoms with Crippen LogP contribution < -0.4 is 30.7 Å². The lowest BCUT2D eigenvalue weighted by molar-refractivity contribution is 0.149. The molecule has 184 valence electrons. The van der Waals surface area contributed by atoms with E-state index in [9.17, 15) is 4.79 Å². The Morgan fingerprint density at radius 1 is 0.722 bits per heavy atom. The van der Waals surface area contributed by atoms with Gasteiger partial charge in [-0.1, -0.05) is 12.1 Å². The molecule has 2 fully saturated rings. The van der Waals surface area contributed by atoms with E-state index < -0.39 is 6.16 Å². The van der Waals surface area contributed by atoms with Crippen molar-refractivity contribution in [2.75, 3.05) is 36.8 Å². The Kier molecular flexibility index (Phi) is 6.23. The number of ether oxygens (including phenoxy) is 2. The minimum absolute atomic E-state index is 0.196. The van der Waals surface area contributed by atoms with Gasteiger partial charge in [0.05, 0.1) is 0 Å². The molecule has 4 aromatic rings. The first-order chi connectivity index (χ1) is 17.7. The van der Waals surface area contributed by atoms with E-state index in [0.717, 1.165) is 71.9 Å². The Morgan fingerprint density at radius 2 is 1.22 bits per heavy atom. The summed E-state index contributed by atoms with van der Waals surface area (Å²) in [5.41, 5.74) is 1.96. The van der Waals surface area contributed by atoms with Crippen molar-refractivity contribution in [3.63, 3.8) is 0 Å². The van der Waals surface area contributed by atoms with Crippen LogP contribution in [0.1, 0.15) is 12.8 Å². The fourth-order valence-corrected chi connectivity index (χ4v) is 4.95. The first-order valence-corrected chi connectivity index (χ1v) is 12.3. The predicted octanol–water partition coefficient (Wildman–Crippen LogP) is 3.91. The molecule has 2 saturated heterocycles. The van der Waals surface area contributed by atoms with Crippen LogP contribution in [0.15, 0.2) is 60.9 Å². The van der Waals surface area contributed by atoms with Gasteiger partial charge in [-0.25, -0.2) is 14.8 Å². The number of hydrogen-bond donors (Lipinski definition) is 4. The van der Waals surface area contributed by atoms with Crippen molar-refractivity contribution in [3.8, 4) is 11.8 Å². The first kappa shape index (κ1) is 22.5. The lowest BCUT2D eigenvalue weighted by Gasteiger charge is -2.16. The minimum Gasteiger partial charge on any atom is -0.380 e. The lowest BCUT2D eigenvalue weighted by atomic mass is 10.1. The van der Waals surface area contributed by atoms with Gasteiger partial charge in [0.1, 0.15) is 0 Å². The third-order valence-electron chi connectivity index (χ3n) is 6.74. The van der Waals surface area contributed by atoms with Crippen molar-refractivity contribution in [1.29, 1.82) is 0 Å². The average molecular weight is 485 g/mol. The van der Waals surface area contributed by atoms with E-state index in [4.69, 9.17) is 9.47 Å². The summed E-state index contributed by atoms with van der Waals surface area (Å²) in [4.78, 5) is 21.4. The van der Waals surface area contributed by atoms with Crippen molar-refractivity contribution < 1.29 is 14.3 Å². The van der Waals surface area contributed by atoms with Crippen LogP contribution in [0.2, 0.25) is 0 Å². The number of benzene rings is 2. The normalized spacial score (nSPS) is 19.4. The van der Waals surface area contributed by atoms with Crippen molar-refractivity contribution in [2.45, 2.75) is 24.9 Å². The van der Waals surface area contributed by atoms with Crippen molar-refractivity contribution in [1.82, 2.24) is 20.6 Å². The molecule has 2 atom stereocenters. The van der Waals surface area contributed by atoms with E-state index in [1.54, 1.807) is 12.4 Å². The maximum absolute atomic E-state index is 12.8. The molecule has 0 bridgehead atoms. The maximum Gasteiger partial charge on any atom is 0.522 e. The summed E-state index contributed by atoms with van der Waals surface area (Å²) in [7, 11) is 0. The second-order valence-corrected chi connectivity index (χ2v) is 9.16. The van der Waals surface area contributed by atoms with Crippen LogP contribution in [0.3, 0.4) is 0 Å². The highest BCUT2D eigenvalue weighted by molar-refractivity contribution is 5.99. The second-order valence-electron chi connectivity index (χ2n) is 9.16. The zero-order valence-corrected chi connectivity index (χ0v) is 19.8. The van der Waals surface area contributed by atoms with E-state index >= 15 is 0 Å². The lowest BCUT2D eigenvalue weighted by Crippen LogP contribution is -2.22. The Labute approximate surface area is 208 Å². The molecular formula is C27H28N6O3. The molecule has 2 aromatic carbocycles. The fraction of sp³-hybridized carbons (Fsp3) is 0.296. The number of fused-ring (bicyclic) bond motifs is 2. The summed E-state index contributed by atoms with van der Waals surface area (Å²) in [6, 6.07) is 16.2. The van der Waals surface area contributed by atoms with Gasteiger partial charge in [0.2, 0.25) is 11.8 Å². The van der Waals surface area contributed by atoms with Crippen LogP contribution >= 0.6 is 0 Å². The van der Waals surface area contributed by atoms with E-state index in [1.807, 2.05) is 48.5 Å². The van der Waals surface area contributed by atoms with Gasteiger partial charge >= 0.3 is 6.16 Å². The molecule has 2 unspecified atom stereocenters. The molecule has 6 rings (SSSR count). The Hall–Kier alpha value is -3.95. The topological polar surface area (TPSA) is 109 Å². The van der Waals surface area contributed by atoms with Crippen molar-refractivity contribution >= 4 is 39.1 Å². The van der Waals surface area contributed by atoms with Crippen LogP contribution in [-0.2, 0) is 0 Å². The molecule has 2 aliphatic rings. The second kappa shape index (κ2) is 9.96. The van der Waals surface area contributed by atoms with Gasteiger partial charge in [0.15, 0.2) is 0 Å². The fourth-order valence-electron chi connectivity index (χ4n) is 4.95. The molecule has 0 radical (unpaired) electrons. The third kappa shape index (κ3) is 4.62. The molecule has 4 N–H and O–H groups in total. The Morgan fingerprint density at radius 3 is 1.67 bits per heavy atom. The Bertz CT molecular complexity index is 1290. The highest BCUT2D eigenvalue weighted by atomic mass is 16.7. The zero-order valence-electron chi connectivity index (χ0n) is 19.8. The summed E-state index contributed by atoms with van der Waals surface area (Å²) in [5.74, 6) is 0.393. The molecule has 0 saturated carbocycles. The van der Waals surface area contributed by atoms with Crippen molar-refractivity contribution in [2.24, 2.45) is 0 Å². The number of rotatable bonds is 6. The predicted molar refractivity (Wildman–Crippen MR) is 140 cm³/mol. The number of carbonyl (C=O) groups excluding carboxylic acids is 1. The van der Waals surface area contributed by atoms with Crippen LogP contribution in [0, 0.1) is 0 Å². The molecule has 36 heavy (non-hydrogen) atoms. The van der Waals surface area contributed by atoms with E-state index in [-0.39, 0.29) is 11.8 Å². The molecule has 0 spiro atoms. The number of anilines is 2. The molecule has 9 heteroatoms. The van der Waals surface area contributed by atoms with Crippen LogP contribution in [0.5, 0.6) is 11.8 Å². The number of pyridine rings is 2. The molecule has 4 heterocycles. The number of nitrogens with one attached hydrogen (secondary N) is 4. The molecule has 9 nitrogen and oxygen atoms in total. The molecule has 2 aliphatic heterocycles. The maximum atomic E-state index is 12.8. The van der Waals surface area contributed by atoms with Gasteiger partial charge in [-0.2, -0.15) is 0 Å². The van der Waals surface area contributed by atoms with Gasteiger partial charge < -0.3 is 30.7 Å². The van der Waals surface area contributed by atoms with E-state index in [2.05, 4.69) is 31.2 Å². The quantitative estimate of drug-likeness (QED) is 0.303. The summed E-state index contributed by atoms with van der Waals surface area (Å²) in [5, 5.41) is 17.2. The monoisotopic (exact) mass is 484 g/mol. The van der Waals surface area contributed by atoms with Gasteiger partial charge in [-0.05, 0) is 62.3 Å². The van der Waals surface area contributed by atoms with Gasteiger partial charge in [0.25, 0.3) is 0 Å². The van der Waals surface area contributed by atoms with Gasteiger partial charge in [-0.15, -0.1) is 0 Å². The standard InChI is InChI=1S/C27H28N6O3/c34-27(35-25-21-3-1-5-23(19(21)9-13-30-25)32-17-7-11-28-15-17)36-26-22-4-2-6-24(20(22)10-14-31-26)33-18-8-12-29-16-18/h1-6,9-10,13-14,17-18,28-29,32-33H,7-8,11-12,15-16H2. The largest absolute Gasteiger partial charge is 0.522 e. The van der Waals surface area contributed by atoms with Crippen LogP contribution in [0.25, 0.3) is 21.5 Å². The molecular weight excluding hydrogens is 456 g/mol. The van der Waals surface area contributed by atoms with E-state index in [1.165, 1.54) is 0 Å². The SMILES string of the molecule is O=C(Oc1nccc2c(NC3CCNC3)cccc12)Oc1nccc2c(NC3CCNC3)cccc12. The van der Waals surface area contributed by atoms with Crippen LogP contribution in [-0.4, -0.2) is 54.4 Å². The summed E-state index contributed by atoms with van der Waals surface area (Å²) < 4.78 is 11.1.